The fraction of sp³-hybridized carbons (Fsp3) is 0.188. The second-order valence-electron chi connectivity index (χ2n) is 4.54. The quantitative estimate of drug-likeness (QED) is 0.880. The first kappa shape index (κ1) is 15.2. The van der Waals surface area contributed by atoms with Gasteiger partial charge in [0.25, 0.3) is 0 Å². The van der Waals surface area contributed by atoms with Crippen LogP contribution < -0.4 is 15.4 Å². The number of benzene rings is 2. The van der Waals surface area contributed by atoms with Gasteiger partial charge in [0.05, 0.1) is 12.1 Å². The highest BCUT2D eigenvalue weighted by Gasteiger charge is 2.05. The Morgan fingerprint density at radius 2 is 2.00 bits per heavy atom. The lowest BCUT2D eigenvalue weighted by molar-refractivity contribution is -0.114. The van der Waals surface area contributed by atoms with E-state index in [2.05, 4.69) is 10.6 Å². The lowest BCUT2D eigenvalue weighted by Crippen LogP contribution is -2.10. The van der Waals surface area contributed by atoms with Gasteiger partial charge in [0.1, 0.15) is 5.75 Å². The first-order valence-corrected chi connectivity index (χ1v) is 6.91. The van der Waals surface area contributed by atoms with E-state index in [9.17, 15) is 4.79 Å². The molecule has 21 heavy (non-hydrogen) atoms. The van der Waals surface area contributed by atoms with Crippen molar-refractivity contribution in [3.63, 3.8) is 0 Å². The number of para-hydroxylation sites is 1. The molecule has 0 atom stereocenters. The molecule has 2 aromatic carbocycles. The van der Waals surface area contributed by atoms with Crippen molar-refractivity contribution in [3.05, 3.63) is 53.1 Å². The van der Waals surface area contributed by atoms with Crippen LogP contribution in [0.5, 0.6) is 5.75 Å². The first-order valence-electron chi connectivity index (χ1n) is 6.53. The Morgan fingerprint density at radius 1 is 1.24 bits per heavy atom. The number of ether oxygens (including phenoxy) is 1. The van der Waals surface area contributed by atoms with Crippen LogP contribution in [0.1, 0.15) is 12.5 Å². The summed E-state index contributed by atoms with van der Waals surface area (Å²) in [5, 5.41) is 6.67. The van der Waals surface area contributed by atoms with Gasteiger partial charge < -0.3 is 15.4 Å². The normalized spacial score (nSPS) is 10.0. The molecule has 0 saturated carbocycles. The van der Waals surface area contributed by atoms with Crippen molar-refractivity contribution in [1.29, 1.82) is 0 Å². The van der Waals surface area contributed by atoms with Crippen LogP contribution in [0.4, 0.5) is 11.4 Å². The zero-order valence-corrected chi connectivity index (χ0v) is 12.7. The van der Waals surface area contributed by atoms with Gasteiger partial charge in [-0.25, -0.2) is 0 Å². The topological polar surface area (TPSA) is 50.4 Å². The van der Waals surface area contributed by atoms with Crippen molar-refractivity contribution in [2.75, 3.05) is 17.7 Å². The van der Waals surface area contributed by atoms with Gasteiger partial charge >= 0.3 is 0 Å². The number of nitrogens with one attached hydrogen (secondary N) is 2. The fourth-order valence-corrected chi connectivity index (χ4v) is 2.15. The first-order chi connectivity index (χ1) is 10.1. The molecule has 0 heterocycles. The summed E-state index contributed by atoms with van der Waals surface area (Å²) in [6, 6.07) is 13.2. The minimum Gasteiger partial charge on any atom is -0.495 e. The van der Waals surface area contributed by atoms with E-state index in [0.717, 1.165) is 16.9 Å². The Labute approximate surface area is 129 Å². The predicted molar refractivity (Wildman–Crippen MR) is 86.1 cm³/mol. The predicted octanol–water partition coefficient (Wildman–Crippen LogP) is 3.92. The van der Waals surface area contributed by atoms with E-state index in [4.69, 9.17) is 16.3 Å². The van der Waals surface area contributed by atoms with Gasteiger partial charge in [-0.1, -0.05) is 29.8 Å². The molecule has 2 rings (SSSR count). The minimum atomic E-state index is -0.0874. The molecular weight excluding hydrogens is 288 g/mol. The van der Waals surface area contributed by atoms with E-state index >= 15 is 0 Å². The van der Waals surface area contributed by atoms with Crippen molar-refractivity contribution in [2.45, 2.75) is 13.5 Å². The molecule has 0 aromatic heterocycles. The molecule has 5 heteroatoms. The van der Waals surface area contributed by atoms with E-state index in [1.165, 1.54) is 6.92 Å². The lowest BCUT2D eigenvalue weighted by atomic mass is 10.1. The third kappa shape index (κ3) is 4.13. The number of carbonyl (C=O) groups excluding carboxylic acids is 1. The number of amides is 1. The molecule has 4 nitrogen and oxygen atoms in total. The number of hydrogen-bond acceptors (Lipinski definition) is 3. The van der Waals surface area contributed by atoms with E-state index < -0.39 is 0 Å². The molecule has 0 aliphatic rings. The van der Waals surface area contributed by atoms with E-state index in [1.807, 2.05) is 36.4 Å². The summed E-state index contributed by atoms with van der Waals surface area (Å²) in [4.78, 5) is 11.2. The van der Waals surface area contributed by atoms with Crippen LogP contribution in [0.15, 0.2) is 42.5 Å². The van der Waals surface area contributed by atoms with E-state index in [1.54, 1.807) is 13.2 Å². The van der Waals surface area contributed by atoms with Gasteiger partial charge in [-0.3, -0.25) is 4.79 Å². The van der Waals surface area contributed by atoms with Crippen molar-refractivity contribution in [2.24, 2.45) is 0 Å². The Morgan fingerprint density at radius 3 is 2.71 bits per heavy atom. The van der Waals surface area contributed by atoms with E-state index in [-0.39, 0.29) is 5.91 Å². The molecule has 0 aliphatic carbocycles. The summed E-state index contributed by atoms with van der Waals surface area (Å²) >= 11 is 6.00. The number of rotatable bonds is 5. The second kappa shape index (κ2) is 6.99. The summed E-state index contributed by atoms with van der Waals surface area (Å²) in [6.07, 6.45) is 0. The summed E-state index contributed by atoms with van der Waals surface area (Å²) in [5.74, 6) is 0.535. The van der Waals surface area contributed by atoms with Crippen molar-refractivity contribution in [3.8, 4) is 5.75 Å². The summed E-state index contributed by atoms with van der Waals surface area (Å²) in [7, 11) is 1.58. The SMILES string of the molecule is COc1cc(NCc2ccccc2NC(C)=O)ccc1Cl. The van der Waals surface area contributed by atoms with Gasteiger partial charge in [-0.15, -0.1) is 0 Å². The number of halogens is 1. The third-order valence-corrected chi connectivity index (χ3v) is 3.27. The summed E-state index contributed by atoms with van der Waals surface area (Å²) in [5.41, 5.74) is 2.70. The van der Waals surface area contributed by atoms with Gasteiger partial charge in [0.2, 0.25) is 5.91 Å². The van der Waals surface area contributed by atoms with Crippen LogP contribution in [0.3, 0.4) is 0 Å². The second-order valence-corrected chi connectivity index (χ2v) is 4.95. The molecule has 0 saturated heterocycles. The number of methoxy groups -OCH3 is 1. The maximum absolute atomic E-state index is 11.2. The average molecular weight is 305 g/mol. The molecule has 0 unspecified atom stereocenters. The molecule has 2 aromatic rings. The highest BCUT2D eigenvalue weighted by molar-refractivity contribution is 6.32. The van der Waals surface area contributed by atoms with Crippen LogP contribution >= 0.6 is 11.6 Å². The molecule has 0 bridgehead atoms. The maximum atomic E-state index is 11.2. The van der Waals surface area contributed by atoms with Crippen LogP contribution in [0, 0.1) is 0 Å². The molecule has 0 spiro atoms. The van der Waals surface area contributed by atoms with Gasteiger partial charge in [-0.2, -0.15) is 0 Å². The largest absolute Gasteiger partial charge is 0.495 e. The monoisotopic (exact) mass is 304 g/mol. The van der Waals surface area contributed by atoms with Crippen LogP contribution in [-0.4, -0.2) is 13.0 Å². The van der Waals surface area contributed by atoms with Crippen molar-refractivity contribution >= 4 is 28.9 Å². The Hall–Kier alpha value is -2.20. The molecule has 1 amide bonds. The Kier molecular flexibility index (Phi) is 5.06. The number of carbonyl (C=O) groups is 1. The van der Waals surface area contributed by atoms with Crippen molar-refractivity contribution in [1.82, 2.24) is 0 Å². The third-order valence-electron chi connectivity index (χ3n) is 2.96. The van der Waals surface area contributed by atoms with Crippen LogP contribution in [0.2, 0.25) is 5.02 Å². The maximum Gasteiger partial charge on any atom is 0.221 e. The molecular formula is C16H17ClN2O2. The molecule has 2 N–H and O–H groups in total. The number of hydrogen-bond donors (Lipinski definition) is 2. The summed E-state index contributed by atoms with van der Waals surface area (Å²) < 4.78 is 5.19. The molecule has 0 aliphatic heterocycles. The Balaban J connectivity index is 2.11. The van der Waals surface area contributed by atoms with Crippen molar-refractivity contribution < 1.29 is 9.53 Å². The van der Waals surface area contributed by atoms with Gasteiger partial charge in [0.15, 0.2) is 0 Å². The highest BCUT2D eigenvalue weighted by atomic mass is 35.5. The Bertz CT molecular complexity index is 644. The fourth-order valence-electron chi connectivity index (χ4n) is 1.95. The standard InChI is InChI=1S/C16H17ClN2O2/c1-11(20)19-15-6-4-3-5-12(15)10-18-13-7-8-14(17)16(9-13)21-2/h3-9,18H,10H2,1-2H3,(H,19,20). The smallest absolute Gasteiger partial charge is 0.221 e. The lowest BCUT2D eigenvalue weighted by Gasteiger charge is -2.12. The highest BCUT2D eigenvalue weighted by Crippen LogP contribution is 2.28. The molecule has 0 fully saturated rings. The van der Waals surface area contributed by atoms with Crippen LogP contribution in [-0.2, 0) is 11.3 Å². The van der Waals surface area contributed by atoms with Gasteiger partial charge in [0, 0.05) is 30.9 Å². The zero-order chi connectivity index (χ0) is 15.2. The minimum absolute atomic E-state index is 0.0874. The van der Waals surface area contributed by atoms with Gasteiger partial charge in [-0.05, 0) is 23.8 Å². The average Bonchev–Trinajstić information content (AvgIpc) is 2.47. The molecule has 110 valence electrons. The van der Waals surface area contributed by atoms with Crippen LogP contribution in [0.25, 0.3) is 0 Å². The molecule has 0 radical (unpaired) electrons. The zero-order valence-electron chi connectivity index (χ0n) is 11.9. The summed E-state index contributed by atoms with van der Waals surface area (Å²) in [6.45, 7) is 2.08. The van der Waals surface area contributed by atoms with E-state index in [0.29, 0.717) is 17.3 Å². The number of anilines is 2.